The number of benzene rings is 2. The van der Waals surface area contributed by atoms with Gasteiger partial charge >= 0.3 is 0 Å². The van der Waals surface area contributed by atoms with Gasteiger partial charge in [0.15, 0.2) is 0 Å². The molecule has 19 heavy (non-hydrogen) atoms. The summed E-state index contributed by atoms with van der Waals surface area (Å²) >= 11 is 0. The monoisotopic (exact) mass is 259 g/mol. The van der Waals surface area contributed by atoms with E-state index in [1.807, 2.05) is 0 Å². The molecule has 2 aromatic rings. The van der Waals surface area contributed by atoms with E-state index in [9.17, 15) is 9.18 Å². The first-order chi connectivity index (χ1) is 9.17. The Hall–Kier alpha value is -2.36. The van der Waals surface area contributed by atoms with Crippen LogP contribution in [0.15, 0.2) is 48.5 Å². The van der Waals surface area contributed by atoms with E-state index in [1.54, 1.807) is 43.5 Å². The molecule has 0 fully saturated rings. The van der Waals surface area contributed by atoms with E-state index in [4.69, 9.17) is 4.74 Å². The Balaban J connectivity index is 1.95. The van der Waals surface area contributed by atoms with E-state index in [2.05, 4.69) is 5.32 Å². The number of anilines is 1. The third-order valence-electron chi connectivity index (χ3n) is 2.65. The molecule has 0 heterocycles. The molecule has 0 saturated heterocycles. The van der Waals surface area contributed by atoms with Crippen LogP contribution in [0.2, 0.25) is 0 Å². The van der Waals surface area contributed by atoms with Crippen molar-refractivity contribution < 1.29 is 13.9 Å². The number of amides is 1. The highest BCUT2D eigenvalue weighted by Crippen LogP contribution is 2.15. The van der Waals surface area contributed by atoms with Crippen LogP contribution >= 0.6 is 0 Å². The van der Waals surface area contributed by atoms with E-state index in [1.165, 1.54) is 12.1 Å². The predicted molar refractivity (Wildman–Crippen MR) is 71.7 cm³/mol. The lowest BCUT2D eigenvalue weighted by Crippen LogP contribution is -2.14. The van der Waals surface area contributed by atoms with Crippen LogP contribution in [0, 0.1) is 5.82 Å². The second-order valence-corrected chi connectivity index (χ2v) is 4.08. The second-order valence-electron chi connectivity index (χ2n) is 4.08. The van der Waals surface area contributed by atoms with Gasteiger partial charge in [0.05, 0.1) is 13.5 Å². The van der Waals surface area contributed by atoms with E-state index in [-0.39, 0.29) is 18.1 Å². The first kappa shape index (κ1) is 13.1. The quantitative estimate of drug-likeness (QED) is 0.916. The molecule has 1 N–H and O–H groups in total. The predicted octanol–water partition coefficient (Wildman–Crippen LogP) is 3.02. The maximum atomic E-state index is 12.7. The lowest BCUT2D eigenvalue weighted by molar-refractivity contribution is -0.115. The maximum Gasteiger partial charge on any atom is 0.228 e. The fourth-order valence-corrected chi connectivity index (χ4v) is 1.67. The Labute approximate surface area is 111 Å². The molecule has 0 aromatic heterocycles. The molecule has 2 aromatic carbocycles. The van der Waals surface area contributed by atoms with Crippen LogP contribution in [0.5, 0.6) is 5.75 Å². The Morgan fingerprint density at radius 1 is 1.11 bits per heavy atom. The minimum atomic E-state index is -0.306. The summed E-state index contributed by atoms with van der Waals surface area (Å²) in [6.45, 7) is 0. The van der Waals surface area contributed by atoms with E-state index in [0.717, 1.165) is 11.3 Å². The van der Waals surface area contributed by atoms with Crippen LogP contribution in [0.3, 0.4) is 0 Å². The number of methoxy groups -OCH3 is 1. The fraction of sp³-hybridized carbons (Fsp3) is 0.133. The number of hydrogen-bond donors (Lipinski definition) is 1. The first-order valence-electron chi connectivity index (χ1n) is 5.86. The Morgan fingerprint density at radius 2 is 1.74 bits per heavy atom. The summed E-state index contributed by atoms with van der Waals surface area (Å²) in [4.78, 5) is 11.8. The molecule has 1 amide bonds. The summed E-state index contributed by atoms with van der Waals surface area (Å²) in [5.41, 5.74) is 1.47. The van der Waals surface area contributed by atoms with Gasteiger partial charge in [0.1, 0.15) is 11.6 Å². The van der Waals surface area contributed by atoms with Gasteiger partial charge in [-0.3, -0.25) is 4.79 Å². The summed E-state index contributed by atoms with van der Waals surface area (Å²) in [7, 11) is 1.59. The van der Waals surface area contributed by atoms with Crippen LogP contribution in [-0.2, 0) is 11.2 Å². The van der Waals surface area contributed by atoms with Crippen molar-refractivity contribution >= 4 is 11.6 Å². The largest absolute Gasteiger partial charge is 0.497 e. The van der Waals surface area contributed by atoms with Crippen LogP contribution in [0.25, 0.3) is 0 Å². The molecule has 0 aliphatic heterocycles. The minimum Gasteiger partial charge on any atom is -0.497 e. The van der Waals surface area contributed by atoms with Crippen molar-refractivity contribution in [1.29, 1.82) is 0 Å². The van der Waals surface area contributed by atoms with Gasteiger partial charge < -0.3 is 10.1 Å². The molecule has 0 aliphatic rings. The average molecular weight is 259 g/mol. The second kappa shape index (κ2) is 6.00. The topological polar surface area (TPSA) is 38.3 Å². The zero-order chi connectivity index (χ0) is 13.7. The van der Waals surface area contributed by atoms with Crippen LogP contribution in [0.4, 0.5) is 10.1 Å². The van der Waals surface area contributed by atoms with Gasteiger partial charge in [-0.25, -0.2) is 4.39 Å². The molecule has 0 saturated carbocycles. The van der Waals surface area contributed by atoms with Gasteiger partial charge in [-0.2, -0.15) is 0 Å². The van der Waals surface area contributed by atoms with E-state index >= 15 is 0 Å². The highest BCUT2D eigenvalue weighted by atomic mass is 19.1. The molecule has 0 spiro atoms. The Bertz CT molecular complexity index is 549. The highest BCUT2D eigenvalue weighted by Gasteiger charge is 2.04. The molecule has 0 radical (unpaired) electrons. The van der Waals surface area contributed by atoms with Gasteiger partial charge in [-0.15, -0.1) is 0 Å². The zero-order valence-corrected chi connectivity index (χ0v) is 10.5. The standard InChI is InChI=1S/C15H14FNO2/c1-19-14-8-6-13(7-9-14)17-15(18)10-11-2-4-12(16)5-3-11/h2-9H,10H2,1H3,(H,17,18). The summed E-state index contributed by atoms with van der Waals surface area (Å²) in [6, 6.07) is 13.0. The molecule has 4 heteroatoms. The lowest BCUT2D eigenvalue weighted by Gasteiger charge is -2.06. The van der Waals surface area contributed by atoms with Gasteiger partial charge in [0.2, 0.25) is 5.91 Å². The minimum absolute atomic E-state index is 0.142. The van der Waals surface area contributed by atoms with E-state index < -0.39 is 0 Å². The number of carbonyl (C=O) groups is 1. The van der Waals surface area contributed by atoms with Crippen molar-refractivity contribution in [2.75, 3.05) is 12.4 Å². The van der Waals surface area contributed by atoms with Crippen molar-refractivity contribution in [3.05, 3.63) is 59.9 Å². The summed E-state index contributed by atoms with van der Waals surface area (Å²) < 4.78 is 17.8. The molecular formula is C15H14FNO2. The fourth-order valence-electron chi connectivity index (χ4n) is 1.67. The van der Waals surface area contributed by atoms with Gasteiger partial charge in [-0.1, -0.05) is 12.1 Å². The van der Waals surface area contributed by atoms with Gasteiger partial charge in [0.25, 0.3) is 0 Å². The number of ether oxygens (including phenoxy) is 1. The molecule has 0 bridgehead atoms. The van der Waals surface area contributed by atoms with Crippen molar-refractivity contribution in [1.82, 2.24) is 0 Å². The number of hydrogen-bond acceptors (Lipinski definition) is 2. The lowest BCUT2D eigenvalue weighted by atomic mass is 10.1. The normalized spacial score (nSPS) is 10.0. The SMILES string of the molecule is COc1ccc(NC(=O)Cc2ccc(F)cc2)cc1. The number of halogens is 1. The molecule has 0 atom stereocenters. The molecule has 2 rings (SSSR count). The summed E-state index contributed by atoms with van der Waals surface area (Å²) in [6.07, 6.45) is 0.215. The van der Waals surface area contributed by atoms with Crippen molar-refractivity contribution in [3.63, 3.8) is 0 Å². The van der Waals surface area contributed by atoms with Crippen LogP contribution < -0.4 is 10.1 Å². The summed E-state index contributed by atoms with van der Waals surface area (Å²) in [5, 5.41) is 2.77. The Morgan fingerprint density at radius 3 is 2.32 bits per heavy atom. The smallest absolute Gasteiger partial charge is 0.228 e. The number of nitrogens with one attached hydrogen (secondary N) is 1. The highest BCUT2D eigenvalue weighted by molar-refractivity contribution is 5.92. The molecule has 98 valence electrons. The van der Waals surface area contributed by atoms with Crippen LogP contribution in [0.1, 0.15) is 5.56 Å². The zero-order valence-electron chi connectivity index (χ0n) is 10.5. The van der Waals surface area contributed by atoms with E-state index in [0.29, 0.717) is 5.69 Å². The average Bonchev–Trinajstić information content (AvgIpc) is 2.42. The molecule has 0 unspecified atom stereocenters. The third kappa shape index (κ3) is 3.81. The molecule has 3 nitrogen and oxygen atoms in total. The van der Waals surface area contributed by atoms with Crippen molar-refractivity contribution in [2.45, 2.75) is 6.42 Å². The first-order valence-corrected chi connectivity index (χ1v) is 5.86. The molecular weight excluding hydrogens is 245 g/mol. The summed E-state index contributed by atoms with van der Waals surface area (Å²) in [5.74, 6) is 0.285. The van der Waals surface area contributed by atoms with Crippen molar-refractivity contribution in [2.24, 2.45) is 0 Å². The third-order valence-corrected chi connectivity index (χ3v) is 2.65. The number of carbonyl (C=O) groups excluding carboxylic acids is 1. The maximum absolute atomic E-state index is 12.7. The van der Waals surface area contributed by atoms with Crippen LogP contribution in [-0.4, -0.2) is 13.0 Å². The Kier molecular flexibility index (Phi) is 4.13. The van der Waals surface area contributed by atoms with Crippen molar-refractivity contribution in [3.8, 4) is 5.75 Å². The van der Waals surface area contributed by atoms with Gasteiger partial charge in [-0.05, 0) is 42.0 Å². The van der Waals surface area contributed by atoms with Gasteiger partial charge in [0, 0.05) is 5.69 Å². The molecule has 0 aliphatic carbocycles. The number of rotatable bonds is 4.